The van der Waals surface area contributed by atoms with Gasteiger partial charge < -0.3 is 14.8 Å². The number of amides is 2. The highest BCUT2D eigenvalue weighted by Gasteiger charge is 2.20. The third-order valence-electron chi connectivity index (χ3n) is 4.54. The van der Waals surface area contributed by atoms with Gasteiger partial charge in [0.05, 0.1) is 11.0 Å². The third-order valence-corrected chi connectivity index (χ3v) is 4.54. The molecule has 0 spiro atoms. The van der Waals surface area contributed by atoms with Crippen molar-refractivity contribution in [2.24, 2.45) is 13.0 Å². The van der Waals surface area contributed by atoms with Gasteiger partial charge in [-0.15, -0.1) is 0 Å². The Kier molecular flexibility index (Phi) is 4.55. The summed E-state index contributed by atoms with van der Waals surface area (Å²) in [4.78, 5) is 30.1. The Morgan fingerprint density at radius 2 is 2.17 bits per heavy atom. The maximum absolute atomic E-state index is 11.8. The number of carbonyl (C=O) groups is 2. The molecule has 1 fully saturated rings. The van der Waals surface area contributed by atoms with Crippen molar-refractivity contribution in [2.45, 2.75) is 33.1 Å². The molecular weight excluding hydrogens is 304 g/mol. The Hall–Kier alpha value is -2.37. The van der Waals surface area contributed by atoms with Crippen LogP contribution in [0, 0.1) is 5.92 Å². The van der Waals surface area contributed by atoms with E-state index in [1.54, 1.807) is 0 Å². The third kappa shape index (κ3) is 3.27. The van der Waals surface area contributed by atoms with E-state index in [-0.39, 0.29) is 17.7 Å². The number of hydrogen-bond donors (Lipinski definition) is 1. The van der Waals surface area contributed by atoms with E-state index in [4.69, 9.17) is 0 Å². The lowest BCUT2D eigenvalue weighted by atomic mass is 10.2. The van der Waals surface area contributed by atoms with Gasteiger partial charge >= 0.3 is 0 Å². The highest BCUT2D eigenvalue weighted by atomic mass is 16.2. The number of nitrogens with one attached hydrogen (secondary N) is 1. The van der Waals surface area contributed by atoms with Gasteiger partial charge in [-0.1, -0.05) is 13.8 Å². The molecular formula is C18H24N4O2. The molecule has 6 nitrogen and oxygen atoms in total. The van der Waals surface area contributed by atoms with E-state index in [1.807, 2.05) is 44.0 Å². The zero-order chi connectivity index (χ0) is 17.3. The van der Waals surface area contributed by atoms with Crippen molar-refractivity contribution in [3.05, 3.63) is 24.0 Å². The molecule has 0 aliphatic carbocycles. The molecule has 2 amide bonds. The number of fused-ring (bicyclic) bond motifs is 1. The highest BCUT2D eigenvalue weighted by molar-refractivity contribution is 5.94. The van der Waals surface area contributed by atoms with Gasteiger partial charge in [0.1, 0.15) is 5.82 Å². The second-order valence-electron chi connectivity index (χ2n) is 6.67. The van der Waals surface area contributed by atoms with E-state index >= 15 is 0 Å². The summed E-state index contributed by atoms with van der Waals surface area (Å²) in [6.07, 6.45) is 2.37. The quantitative estimate of drug-likeness (QED) is 0.916. The smallest absolute Gasteiger partial charge is 0.226 e. The van der Waals surface area contributed by atoms with Gasteiger partial charge in [-0.05, 0) is 24.6 Å². The number of carbonyl (C=O) groups excluding carboxylic acids is 2. The predicted octanol–water partition coefficient (Wildman–Crippen LogP) is 2.33. The van der Waals surface area contributed by atoms with Crippen LogP contribution >= 0.6 is 0 Å². The van der Waals surface area contributed by atoms with Crippen molar-refractivity contribution in [1.29, 1.82) is 0 Å². The summed E-state index contributed by atoms with van der Waals surface area (Å²) >= 11 is 0. The van der Waals surface area contributed by atoms with Gasteiger partial charge in [-0.3, -0.25) is 9.59 Å². The van der Waals surface area contributed by atoms with Gasteiger partial charge in [0.25, 0.3) is 0 Å². The van der Waals surface area contributed by atoms with Crippen molar-refractivity contribution in [3.8, 4) is 0 Å². The molecule has 6 heteroatoms. The number of likely N-dealkylation sites (tertiary alicyclic amines) is 1. The first-order chi connectivity index (χ1) is 11.5. The van der Waals surface area contributed by atoms with E-state index in [9.17, 15) is 9.59 Å². The minimum absolute atomic E-state index is 0.00181. The van der Waals surface area contributed by atoms with E-state index in [1.165, 1.54) is 0 Å². The summed E-state index contributed by atoms with van der Waals surface area (Å²) < 4.78 is 2.06. The van der Waals surface area contributed by atoms with Crippen LogP contribution < -0.4 is 5.32 Å². The average Bonchev–Trinajstić information content (AvgIpc) is 3.08. The Balaban J connectivity index is 1.76. The highest BCUT2D eigenvalue weighted by Crippen LogP contribution is 2.21. The largest absolute Gasteiger partial charge is 0.342 e. The lowest BCUT2D eigenvalue weighted by Crippen LogP contribution is -2.27. The molecule has 1 aromatic heterocycles. The van der Waals surface area contributed by atoms with Gasteiger partial charge in [0, 0.05) is 44.6 Å². The summed E-state index contributed by atoms with van der Waals surface area (Å²) in [7, 11) is 1.99. The van der Waals surface area contributed by atoms with Gasteiger partial charge in [-0.25, -0.2) is 4.98 Å². The fraction of sp³-hybridized carbons (Fsp3) is 0.500. The first-order valence-electron chi connectivity index (χ1n) is 8.49. The minimum atomic E-state index is -0.0574. The summed E-state index contributed by atoms with van der Waals surface area (Å²) in [5, 5.41) is 2.90. The number of aryl methyl sites for hydroxylation is 1. The molecule has 2 aromatic rings. The second-order valence-corrected chi connectivity index (χ2v) is 6.67. The lowest BCUT2D eigenvalue weighted by molar-refractivity contribution is -0.127. The summed E-state index contributed by atoms with van der Waals surface area (Å²) in [6.45, 7) is 5.31. The molecule has 0 bridgehead atoms. The van der Waals surface area contributed by atoms with E-state index in [0.29, 0.717) is 13.0 Å². The minimum Gasteiger partial charge on any atom is -0.342 e. The Morgan fingerprint density at radius 1 is 1.38 bits per heavy atom. The molecule has 128 valence electrons. The molecule has 1 aliphatic rings. The zero-order valence-corrected chi connectivity index (χ0v) is 14.5. The molecule has 24 heavy (non-hydrogen) atoms. The van der Waals surface area contributed by atoms with Crippen molar-refractivity contribution in [2.75, 3.05) is 18.4 Å². The van der Waals surface area contributed by atoms with E-state index < -0.39 is 0 Å². The Bertz CT molecular complexity index is 779. The molecule has 1 aromatic carbocycles. The van der Waals surface area contributed by atoms with Crippen LogP contribution in [0.4, 0.5) is 5.69 Å². The molecule has 0 saturated carbocycles. The number of hydrogen-bond acceptors (Lipinski definition) is 3. The normalized spacial score (nSPS) is 14.8. The number of aromatic nitrogens is 2. The average molecular weight is 328 g/mol. The van der Waals surface area contributed by atoms with Crippen LogP contribution in [0.3, 0.4) is 0 Å². The monoisotopic (exact) mass is 328 g/mol. The summed E-state index contributed by atoms with van der Waals surface area (Å²) in [5.41, 5.74) is 2.66. The number of rotatable bonds is 5. The fourth-order valence-electron chi connectivity index (χ4n) is 3.01. The van der Waals surface area contributed by atoms with E-state index in [2.05, 4.69) is 14.9 Å². The number of benzene rings is 1. The zero-order valence-electron chi connectivity index (χ0n) is 14.5. The SMILES string of the molecule is CC(C)C(=O)Nc1ccc2c(c1)nc(CCN1CCCC1=O)n2C. The predicted molar refractivity (Wildman–Crippen MR) is 93.7 cm³/mol. The number of anilines is 1. The van der Waals surface area contributed by atoms with Crippen LogP contribution in [0.5, 0.6) is 0 Å². The molecule has 0 atom stereocenters. The Labute approximate surface area is 141 Å². The van der Waals surface area contributed by atoms with E-state index in [0.717, 1.165) is 41.9 Å². The second kappa shape index (κ2) is 6.63. The molecule has 0 radical (unpaired) electrons. The topological polar surface area (TPSA) is 67.2 Å². The summed E-state index contributed by atoms with van der Waals surface area (Å²) in [5.74, 6) is 1.14. The van der Waals surface area contributed by atoms with Crippen molar-refractivity contribution < 1.29 is 9.59 Å². The first kappa shape index (κ1) is 16.5. The molecule has 1 saturated heterocycles. The lowest BCUT2D eigenvalue weighted by Gasteiger charge is -2.14. The van der Waals surface area contributed by atoms with Crippen LogP contribution in [0.1, 0.15) is 32.5 Å². The van der Waals surface area contributed by atoms with Gasteiger partial charge in [-0.2, -0.15) is 0 Å². The van der Waals surface area contributed by atoms with Crippen LogP contribution in [0.25, 0.3) is 11.0 Å². The molecule has 2 heterocycles. The summed E-state index contributed by atoms with van der Waals surface area (Å²) in [6, 6.07) is 5.78. The van der Waals surface area contributed by atoms with Crippen molar-refractivity contribution in [3.63, 3.8) is 0 Å². The van der Waals surface area contributed by atoms with Crippen molar-refractivity contribution >= 4 is 28.5 Å². The van der Waals surface area contributed by atoms with Crippen LogP contribution in [-0.4, -0.2) is 39.4 Å². The van der Waals surface area contributed by atoms with Crippen LogP contribution in [0.15, 0.2) is 18.2 Å². The maximum Gasteiger partial charge on any atom is 0.226 e. The molecule has 0 unspecified atom stereocenters. The molecule has 1 aliphatic heterocycles. The number of nitrogens with zero attached hydrogens (tertiary/aromatic N) is 3. The maximum atomic E-state index is 11.8. The van der Waals surface area contributed by atoms with Crippen LogP contribution in [-0.2, 0) is 23.1 Å². The Morgan fingerprint density at radius 3 is 2.83 bits per heavy atom. The fourth-order valence-corrected chi connectivity index (χ4v) is 3.01. The molecule has 3 rings (SSSR count). The number of imidazole rings is 1. The van der Waals surface area contributed by atoms with Gasteiger partial charge in [0.15, 0.2) is 0 Å². The standard InChI is InChI=1S/C18H24N4O2/c1-12(2)18(24)19-13-6-7-15-14(11-13)20-16(21(15)3)8-10-22-9-4-5-17(22)23/h6-7,11-12H,4-5,8-10H2,1-3H3,(H,19,24). The molecule has 1 N–H and O–H groups in total. The van der Waals surface area contributed by atoms with Crippen LogP contribution in [0.2, 0.25) is 0 Å². The van der Waals surface area contributed by atoms with Gasteiger partial charge in [0.2, 0.25) is 11.8 Å². The van der Waals surface area contributed by atoms with Crippen molar-refractivity contribution in [1.82, 2.24) is 14.5 Å². The first-order valence-corrected chi connectivity index (χ1v) is 8.49.